The number of aryl methyl sites for hydroxylation is 1. The molecule has 6 rings (SSSR count). The fourth-order valence-electron chi connectivity index (χ4n) is 6.53. The van der Waals surface area contributed by atoms with Crippen molar-refractivity contribution in [1.29, 1.82) is 0 Å². The molecule has 2 aliphatic carbocycles. The van der Waals surface area contributed by atoms with Crippen molar-refractivity contribution >= 4 is 17.4 Å². The highest BCUT2D eigenvalue weighted by Gasteiger charge is 2.34. The Kier molecular flexibility index (Phi) is 8.66. The van der Waals surface area contributed by atoms with Crippen molar-refractivity contribution in [1.82, 2.24) is 19.8 Å². The zero-order chi connectivity index (χ0) is 27.3. The molecule has 4 aliphatic rings. The van der Waals surface area contributed by atoms with Crippen LogP contribution in [0.3, 0.4) is 0 Å². The number of amides is 1. The summed E-state index contributed by atoms with van der Waals surface area (Å²) >= 11 is 0. The lowest BCUT2D eigenvalue weighted by Crippen LogP contribution is -2.51. The highest BCUT2D eigenvalue weighted by atomic mass is 16.5. The fraction of sp³-hybridized carbons (Fsp3) is 0.606. The smallest absolute Gasteiger partial charge is 0.226 e. The van der Waals surface area contributed by atoms with Crippen LogP contribution in [0.25, 0.3) is 5.57 Å². The minimum atomic E-state index is 0.150. The minimum Gasteiger partial charge on any atom is -0.493 e. The average Bonchev–Trinajstić information content (AvgIpc) is 3.89. The van der Waals surface area contributed by atoms with Gasteiger partial charge in [0.25, 0.3) is 0 Å². The van der Waals surface area contributed by atoms with Crippen LogP contribution in [0.15, 0.2) is 42.7 Å². The Hall–Kier alpha value is -2.93. The highest BCUT2D eigenvalue weighted by molar-refractivity contribution is 5.81. The second-order valence-corrected chi connectivity index (χ2v) is 12.2. The van der Waals surface area contributed by atoms with Crippen LogP contribution in [0.1, 0.15) is 69.4 Å². The van der Waals surface area contributed by atoms with Crippen LogP contribution in [0, 0.1) is 11.8 Å². The average molecular weight is 544 g/mol. The monoisotopic (exact) mass is 543 g/mol. The lowest BCUT2D eigenvalue weighted by molar-refractivity contribution is -0.137. The van der Waals surface area contributed by atoms with E-state index in [1.807, 2.05) is 12.4 Å². The van der Waals surface area contributed by atoms with Crippen LogP contribution < -0.4 is 9.64 Å². The van der Waals surface area contributed by atoms with E-state index in [4.69, 9.17) is 4.74 Å². The van der Waals surface area contributed by atoms with Gasteiger partial charge in [0, 0.05) is 63.6 Å². The number of carbonyl (C=O) groups excluding carboxylic acids is 1. The van der Waals surface area contributed by atoms with Crippen LogP contribution in [0.2, 0.25) is 0 Å². The van der Waals surface area contributed by atoms with Gasteiger partial charge in [-0.05, 0) is 92.5 Å². The molecule has 2 unspecified atom stereocenters. The first-order chi connectivity index (χ1) is 19.7. The van der Waals surface area contributed by atoms with E-state index in [9.17, 15) is 4.79 Å². The van der Waals surface area contributed by atoms with Crippen molar-refractivity contribution < 1.29 is 9.53 Å². The van der Waals surface area contributed by atoms with Crippen LogP contribution in [0.4, 0.5) is 5.95 Å². The van der Waals surface area contributed by atoms with Crippen LogP contribution in [-0.4, -0.2) is 77.6 Å². The van der Waals surface area contributed by atoms with Gasteiger partial charge in [-0.25, -0.2) is 9.97 Å². The minimum absolute atomic E-state index is 0.150. The first-order valence-electron chi connectivity index (χ1n) is 15.7. The number of allylic oxidation sites excluding steroid dienone is 2. The molecule has 2 aromatic rings. The number of piperazine rings is 1. The third-order valence-electron chi connectivity index (χ3n) is 9.39. The van der Waals surface area contributed by atoms with E-state index in [2.05, 4.69) is 61.9 Å². The zero-order valence-electron chi connectivity index (χ0n) is 24.1. The summed E-state index contributed by atoms with van der Waals surface area (Å²) in [7, 11) is 0. The molecule has 40 heavy (non-hydrogen) atoms. The first-order valence-corrected chi connectivity index (χ1v) is 15.7. The molecule has 3 heterocycles. The van der Waals surface area contributed by atoms with Gasteiger partial charge in [-0.15, -0.1) is 0 Å². The van der Waals surface area contributed by atoms with E-state index >= 15 is 0 Å². The molecule has 1 aromatic heterocycles. The molecule has 1 aromatic carbocycles. The van der Waals surface area contributed by atoms with Gasteiger partial charge in [-0.1, -0.05) is 25.1 Å². The van der Waals surface area contributed by atoms with Gasteiger partial charge in [-0.3, -0.25) is 9.69 Å². The molecular formula is C33H45N5O2. The van der Waals surface area contributed by atoms with E-state index in [0.29, 0.717) is 11.8 Å². The summed E-state index contributed by atoms with van der Waals surface area (Å²) in [5.41, 5.74) is 3.81. The van der Waals surface area contributed by atoms with Crippen molar-refractivity contribution in [3.05, 3.63) is 53.9 Å². The van der Waals surface area contributed by atoms with E-state index in [1.165, 1.54) is 36.0 Å². The Morgan fingerprint density at radius 3 is 2.38 bits per heavy atom. The molecular weight excluding hydrogens is 498 g/mol. The normalized spacial score (nSPS) is 24.4. The second-order valence-electron chi connectivity index (χ2n) is 12.2. The molecule has 1 saturated carbocycles. The maximum absolute atomic E-state index is 13.1. The van der Waals surface area contributed by atoms with Crippen molar-refractivity contribution in [3.8, 4) is 5.75 Å². The largest absolute Gasteiger partial charge is 0.493 e. The predicted octanol–water partition coefficient (Wildman–Crippen LogP) is 5.21. The topological polar surface area (TPSA) is 61.8 Å². The molecule has 1 amide bonds. The van der Waals surface area contributed by atoms with E-state index < -0.39 is 0 Å². The standard InChI is InChI=1S/C33H45N5O2/c1-2-25-22-34-33(35-23-25)38-16-3-4-26(15-17-38)24-40-31-13-9-28(10-14-31)27-5-7-29(8-6-27)32(39)37-20-18-36(19-21-37)30-11-12-30/h5,9-10,13-14,22-23,26,29-30H,2-4,6-8,11-12,15-21,24H2,1H3. The van der Waals surface area contributed by atoms with Crippen LogP contribution in [-0.2, 0) is 11.2 Å². The Labute approximate surface area is 239 Å². The molecule has 0 N–H and O–H groups in total. The van der Waals surface area contributed by atoms with Gasteiger partial charge in [0.2, 0.25) is 11.9 Å². The Morgan fingerprint density at radius 1 is 0.925 bits per heavy atom. The van der Waals surface area contributed by atoms with Gasteiger partial charge in [0.05, 0.1) is 6.61 Å². The number of nitrogens with zero attached hydrogens (tertiary/aromatic N) is 5. The number of benzene rings is 1. The van der Waals surface area contributed by atoms with Gasteiger partial charge in [-0.2, -0.15) is 0 Å². The molecule has 7 nitrogen and oxygen atoms in total. The summed E-state index contributed by atoms with van der Waals surface area (Å²) in [4.78, 5) is 29.3. The van der Waals surface area contributed by atoms with Gasteiger partial charge < -0.3 is 14.5 Å². The van der Waals surface area contributed by atoms with Crippen molar-refractivity contribution in [3.63, 3.8) is 0 Å². The van der Waals surface area contributed by atoms with E-state index in [0.717, 1.165) is 102 Å². The quantitative estimate of drug-likeness (QED) is 0.455. The molecule has 0 spiro atoms. The summed E-state index contributed by atoms with van der Waals surface area (Å²) in [6.07, 6.45) is 16.1. The third kappa shape index (κ3) is 6.68. The van der Waals surface area contributed by atoms with Crippen molar-refractivity contribution in [2.75, 3.05) is 50.8 Å². The number of hydrogen-bond donors (Lipinski definition) is 0. The Bertz CT molecular complexity index is 1150. The van der Waals surface area contributed by atoms with Gasteiger partial charge >= 0.3 is 0 Å². The third-order valence-corrected chi connectivity index (χ3v) is 9.39. The molecule has 2 aliphatic heterocycles. The molecule has 0 radical (unpaired) electrons. The predicted molar refractivity (Wildman–Crippen MR) is 159 cm³/mol. The number of rotatable bonds is 8. The SMILES string of the molecule is CCc1cnc(N2CCCC(COc3ccc(C4=CCC(C(=O)N5CCN(C6CC6)CC5)CC4)cc3)CC2)nc1. The zero-order valence-corrected chi connectivity index (χ0v) is 24.1. The second kappa shape index (κ2) is 12.7. The fourth-order valence-corrected chi connectivity index (χ4v) is 6.53. The van der Waals surface area contributed by atoms with Gasteiger partial charge in [0.15, 0.2) is 0 Å². The summed E-state index contributed by atoms with van der Waals surface area (Å²) < 4.78 is 6.23. The Balaban J connectivity index is 0.946. The number of ether oxygens (including phenoxy) is 1. The summed E-state index contributed by atoms with van der Waals surface area (Å²) in [5.74, 6) is 2.87. The lowest BCUT2D eigenvalue weighted by atomic mass is 9.85. The first kappa shape index (κ1) is 27.3. The maximum Gasteiger partial charge on any atom is 0.226 e. The number of carbonyl (C=O) groups is 1. The lowest BCUT2D eigenvalue weighted by Gasteiger charge is -2.37. The summed E-state index contributed by atoms with van der Waals surface area (Å²) in [6.45, 7) is 8.80. The number of hydrogen-bond acceptors (Lipinski definition) is 6. The van der Waals surface area contributed by atoms with Crippen molar-refractivity contribution in [2.24, 2.45) is 11.8 Å². The molecule has 2 atom stereocenters. The number of anilines is 1. The van der Waals surface area contributed by atoms with Gasteiger partial charge in [0.1, 0.15) is 5.75 Å². The highest BCUT2D eigenvalue weighted by Crippen LogP contribution is 2.33. The van der Waals surface area contributed by atoms with E-state index in [1.54, 1.807) is 0 Å². The Morgan fingerprint density at radius 2 is 1.70 bits per heavy atom. The molecule has 7 heteroatoms. The number of aromatic nitrogens is 2. The molecule has 2 saturated heterocycles. The summed E-state index contributed by atoms with van der Waals surface area (Å²) in [5, 5.41) is 0. The van der Waals surface area contributed by atoms with Crippen molar-refractivity contribution in [2.45, 2.75) is 70.8 Å². The van der Waals surface area contributed by atoms with E-state index in [-0.39, 0.29) is 5.92 Å². The summed E-state index contributed by atoms with van der Waals surface area (Å²) in [6, 6.07) is 9.40. The molecule has 0 bridgehead atoms. The van der Waals surface area contributed by atoms with Crippen LogP contribution >= 0.6 is 0 Å². The molecule has 214 valence electrons. The molecule has 3 fully saturated rings. The van der Waals surface area contributed by atoms with Crippen LogP contribution in [0.5, 0.6) is 5.75 Å². The maximum atomic E-state index is 13.1.